The van der Waals surface area contributed by atoms with Crippen LogP contribution in [0.25, 0.3) is 0 Å². The van der Waals surface area contributed by atoms with Gasteiger partial charge in [0.05, 0.1) is 30.0 Å². The predicted molar refractivity (Wildman–Crippen MR) is 124 cm³/mol. The first-order valence-electron chi connectivity index (χ1n) is 10.6. The number of aromatic nitrogens is 2. The van der Waals surface area contributed by atoms with E-state index in [2.05, 4.69) is 15.3 Å². The Labute approximate surface area is 195 Å². The van der Waals surface area contributed by atoms with E-state index in [0.717, 1.165) is 0 Å². The van der Waals surface area contributed by atoms with Gasteiger partial charge in [0.15, 0.2) is 0 Å². The van der Waals surface area contributed by atoms with Crippen molar-refractivity contribution in [2.75, 3.05) is 29.9 Å². The van der Waals surface area contributed by atoms with Crippen LogP contribution in [0.15, 0.2) is 67.0 Å². The van der Waals surface area contributed by atoms with Crippen molar-refractivity contribution in [2.24, 2.45) is 0 Å². The van der Waals surface area contributed by atoms with E-state index >= 15 is 0 Å². The van der Waals surface area contributed by atoms with Crippen LogP contribution < -0.4 is 10.2 Å². The van der Waals surface area contributed by atoms with Crippen molar-refractivity contribution in [3.63, 3.8) is 0 Å². The second-order valence-corrected chi connectivity index (χ2v) is 7.82. The summed E-state index contributed by atoms with van der Waals surface area (Å²) < 4.78 is 0. The lowest BCUT2D eigenvalue weighted by Crippen LogP contribution is -2.50. The highest BCUT2D eigenvalue weighted by atomic mass is 16.4. The molecule has 0 bridgehead atoms. The molecule has 1 aliphatic heterocycles. The third-order valence-corrected chi connectivity index (χ3v) is 5.54. The van der Waals surface area contributed by atoms with Gasteiger partial charge >= 0.3 is 12.1 Å². The fraction of sp³-hybridized carbons (Fsp3) is 0.208. The first-order valence-corrected chi connectivity index (χ1v) is 10.6. The molecule has 10 nitrogen and oxygen atoms in total. The Balaban J connectivity index is 1.49. The number of pyridine rings is 2. The van der Waals surface area contributed by atoms with E-state index in [1.165, 1.54) is 17.3 Å². The molecular weight excluding hydrogens is 438 g/mol. The van der Waals surface area contributed by atoms with Crippen LogP contribution in [0.3, 0.4) is 0 Å². The predicted octanol–water partition coefficient (Wildman–Crippen LogP) is 2.90. The Hall–Kier alpha value is -4.47. The summed E-state index contributed by atoms with van der Waals surface area (Å²) in [5, 5.41) is 21.4. The van der Waals surface area contributed by atoms with Gasteiger partial charge < -0.3 is 20.4 Å². The number of carboxylic acid groups (broad SMARTS) is 2. The summed E-state index contributed by atoms with van der Waals surface area (Å²) in [6.45, 7) is 1.03. The number of hydrogen-bond donors (Lipinski definition) is 3. The number of carbonyl (C=O) groups excluding carboxylic acids is 1. The molecule has 0 spiro atoms. The molecular formula is C24H23N5O5. The van der Waals surface area contributed by atoms with Crippen LogP contribution in [0, 0.1) is 0 Å². The van der Waals surface area contributed by atoms with Crippen molar-refractivity contribution < 1.29 is 24.6 Å². The molecule has 3 heterocycles. The van der Waals surface area contributed by atoms with E-state index < -0.39 is 18.1 Å². The Kier molecular flexibility index (Phi) is 6.67. The standard InChI is InChI=1S/C24H23N5O5/c30-22(31)12-16-6-9-21(26-13-16)28-10-11-29(24(33)34)20(15-28)19-8-7-18(14-25-19)27-23(32)17-4-2-1-3-5-17/h1-9,13-14,20H,10-12,15H2,(H,27,32)(H,30,31)(H,33,34). The molecule has 1 unspecified atom stereocenters. The summed E-state index contributed by atoms with van der Waals surface area (Å²) in [6.07, 6.45) is 1.87. The van der Waals surface area contributed by atoms with Gasteiger partial charge in [-0.2, -0.15) is 0 Å². The van der Waals surface area contributed by atoms with E-state index in [-0.39, 0.29) is 18.9 Å². The quantitative estimate of drug-likeness (QED) is 0.510. The van der Waals surface area contributed by atoms with Crippen molar-refractivity contribution in [2.45, 2.75) is 12.5 Å². The zero-order chi connectivity index (χ0) is 24.1. The number of piperazine rings is 1. The van der Waals surface area contributed by atoms with Crippen molar-refractivity contribution >= 4 is 29.5 Å². The summed E-state index contributed by atoms with van der Waals surface area (Å²) in [5.41, 5.74) is 2.16. The fourth-order valence-corrected chi connectivity index (χ4v) is 3.83. The van der Waals surface area contributed by atoms with E-state index in [1.54, 1.807) is 48.5 Å². The van der Waals surface area contributed by atoms with Crippen LogP contribution in [-0.2, 0) is 11.2 Å². The van der Waals surface area contributed by atoms with Crippen LogP contribution in [0.5, 0.6) is 0 Å². The number of anilines is 2. The van der Waals surface area contributed by atoms with Crippen molar-refractivity contribution in [3.8, 4) is 0 Å². The maximum absolute atomic E-state index is 12.4. The van der Waals surface area contributed by atoms with E-state index in [1.807, 2.05) is 11.0 Å². The molecule has 1 atom stereocenters. The molecule has 2 aromatic heterocycles. The monoisotopic (exact) mass is 461 g/mol. The molecule has 2 amide bonds. The number of benzene rings is 1. The van der Waals surface area contributed by atoms with Gasteiger partial charge in [0, 0.05) is 31.4 Å². The Morgan fingerprint density at radius 3 is 2.35 bits per heavy atom. The minimum absolute atomic E-state index is 0.111. The maximum atomic E-state index is 12.4. The average molecular weight is 461 g/mol. The topological polar surface area (TPSA) is 136 Å². The van der Waals surface area contributed by atoms with Crippen LogP contribution >= 0.6 is 0 Å². The Morgan fingerprint density at radius 2 is 1.74 bits per heavy atom. The minimum Gasteiger partial charge on any atom is -0.481 e. The highest BCUT2D eigenvalue weighted by Crippen LogP contribution is 2.27. The third-order valence-electron chi connectivity index (χ3n) is 5.54. The second kappa shape index (κ2) is 9.99. The van der Waals surface area contributed by atoms with Gasteiger partial charge in [-0.1, -0.05) is 24.3 Å². The minimum atomic E-state index is -1.04. The van der Waals surface area contributed by atoms with Crippen LogP contribution in [0.4, 0.5) is 16.3 Å². The van der Waals surface area contributed by atoms with Crippen LogP contribution in [0.1, 0.15) is 27.7 Å². The van der Waals surface area contributed by atoms with Gasteiger partial charge in [-0.25, -0.2) is 9.78 Å². The first kappa shape index (κ1) is 22.7. The summed E-state index contributed by atoms with van der Waals surface area (Å²) >= 11 is 0. The number of nitrogens with zero attached hydrogens (tertiary/aromatic N) is 4. The molecule has 1 aromatic carbocycles. The summed E-state index contributed by atoms with van der Waals surface area (Å²) in [7, 11) is 0. The Morgan fingerprint density at radius 1 is 0.941 bits per heavy atom. The molecule has 0 aliphatic carbocycles. The lowest BCUT2D eigenvalue weighted by molar-refractivity contribution is -0.136. The lowest BCUT2D eigenvalue weighted by atomic mass is 10.1. The van der Waals surface area contributed by atoms with Gasteiger partial charge in [0.2, 0.25) is 0 Å². The van der Waals surface area contributed by atoms with Crippen molar-refractivity contribution in [1.82, 2.24) is 14.9 Å². The first-order chi connectivity index (χ1) is 16.4. The lowest BCUT2D eigenvalue weighted by Gasteiger charge is -2.40. The highest BCUT2D eigenvalue weighted by Gasteiger charge is 2.33. The van der Waals surface area contributed by atoms with Crippen molar-refractivity contribution in [3.05, 3.63) is 83.8 Å². The van der Waals surface area contributed by atoms with Gasteiger partial charge in [0.1, 0.15) is 5.82 Å². The Bertz CT molecular complexity index is 1170. The van der Waals surface area contributed by atoms with E-state index in [9.17, 15) is 19.5 Å². The maximum Gasteiger partial charge on any atom is 0.407 e. The molecule has 1 saturated heterocycles. The number of rotatable bonds is 6. The molecule has 0 saturated carbocycles. The van der Waals surface area contributed by atoms with Gasteiger partial charge in [-0.3, -0.25) is 19.5 Å². The molecule has 3 N–H and O–H groups in total. The summed E-state index contributed by atoms with van der Waals surface area (Å²) in [4.78, 5) is 47.1. The van der Waals surface area contributed by atoms with Gasteiger partial charge in [-0.15, -0.1) is 0 Å². The number of nitrogens with one attached hydrogen (secondary N) is 1. The molecule has 34 heavy (non-hydrogen) atoms. The molecule has 3 aromatic rings. The number of carboxylic acids is 1. The van der Waals surface area contributed by atoms with Crippen molar-refractivity contribution in [1.29, 1.82) is 0 Å². The highest BCUT2D eigenvalue weighted by molar-refractivity contribution is 6.04. The number of amides is 2. The summed E-state index contributed by atoms with van der Waals surface area (Å²) in [6, 6.07) is 15.1. The van der Waals surface area contributed by atoms with Crippen LogP contribution in [-0.4, -0.2) is 62.7 Å². The largest absolute Gasteiger partial charge is 0.481 e. The molecule has 10 heteroatoms. The second-order valence-electron chi connectivity index (χ2n) is 7.82. The third kappa shape index (κ3) is 5.29. The van der Waals surface area contributed by atoms with Crippen LogP contribution in [0.2, 0.25) is 0 Å². The zero-order valence-corrected chi connectivity index (χ0v) is 18.2. The van der Waals surface area contributed by atoms with E-state index in [4.69, 9.17) is 5.11 Å². The number of aliphatic carboxylic acids is 1. The average Bonchev–Trinajstić information content (AvgIpc) is 2.85. The molecule has 1 aliphatic rings. The molecule has 174 valence electrons. The molecule has 4 rings (SSSR count). The normalized spacial score (nSPS) is 15.6. The smallest absolute Gasteiger partial charge is 0.407 e. The molecule has 1 fully saturated rings. The fourth-order valence-electron chi connectivity index (χ4n) is 3.83. The SMILES string of the molecule is O=C(O)Cc1ccc(N2CCN(C(=O)O)C(c3ccc(NC(=O)c4ccccc4)cn3)C2)nc1. The zero-order valence-electron chi connectivity index (χ0n) is 18.2. The van der Waals surface area contributed by atoms with Gasteiger partial charge in [0.25, 0.3) is 5.91 Å². The van der Waals surface area contributed by atoms with Gasteiger partial charge in [-0.05, 0) is 35.9 Å². The number of hydrogen-bond acceptors (Lipinski definition) is 6. The van der Waals surface area contributed by atoms with E-state index in [0.29, 0.717) is 41.4 Å². The number of carbonyl (C=O) groups is 3. The molecule has 0 radical (unpaired) electrons. The summed E-state index contributed by atoms with van der Waals surface area (Å²) in [5.74, 6) is -0.557.